The van der Waals surface area contributed by atoms with Gasteiger partial charge in [-0.1, -0.05) is 264 Å². The summed E-state index contributed by atoms with van der Waals surface area (Å²) >= 11 is 0. The highest BCUT2D eigenvalue weighted by atomic mass is 16.7. The van der Waals surface area contributed by atoms with Crippen molar-refractivity contribution in [1.82, 2.24) is 5.32 Å². The van der Waals surface area contributed by atoms with Crippen LogP contribution in [0, 0.1) is 0 Å². The summed E-state index contributed by atoms with van der Waals surface area (Å²) in [6.45, 7) is 3.48. The maximum Gasteiger partial charge on any atom is 0.249 e. The molecule has 0 aliphatic carbocycles. The predicted octanol–water partition coefficient (Wildman–Crippen LogP) is 11.4. The molecule has 1 fully saturated rings. The Hall–Kier alpha value is -0.890. The van der Waals surface area contributed by atoms with Gasteiger partial charge >= 0.3 is 0 Å². The van der Waals surface area contributed by atoms with Crippen LogP contribution >= 0.6 is 0 Å². The molecule has 1 amide bonds. The molecule has 0 aromatic rings. The zero-order chi connectivity index (χ0) is 48.3. The van der Waals surface area contributed by atoms with Crippen molar-refractivity contribution < 1.29 is 50.0 Å². The van der Waals surface area contributed by atoms with E-state index in [4.69, 9.17) is 9.47 Å². The van der Waals surface area contributed by atoms with Crippen LogP contribution in [0.15, 0.2) is 0 Å². The summed E-state index contributed by atoms with van der Waals surface area (Å²) in [5.41, 5.74) is 0. The molecule has 1 saturated heterocycles. The van der Waals surface area contributed by atoms with Gasteiger partial charge in [0.2, 0.25) is 5.91 Å². The number of aliphatic hydroxyl groups is 7. The Morgan fingerprint density at radius 3 is 1.12 bits per heavy atom. The minimum atomic E-state index is -1.66. The second kappa shape index (κ2) is 45.3. The highest BCUT2D eigenvalue weighted by Gasteiger charge is 2.44. The standard InChI is InChI=1S/C55H109NO10/c1-3-5-7-9-11-13-15-17-18-19-20-21-22-23-24-25-26-27-28-29-31-32-34-36-38-40-42-47(58)50(60)46(45-65-55-53(63)52(62)51(61)49(44-57)66-55)56-54(64)48(59)43-41-39-37-35-33-30-16-14-12-10-8-6-4-2/h46-53,55,57-63H,3-45H2,1-2H3,(H,56,64). The molecular formula is C55H109NO10. The molecule has 0 aromatic heterocycles. The lowest BCUT2D eigenvalue weighted by Crippen LogP contribution is -2.60. The molecule has 11 nitrogen and oxygen atoms in total. The minimum absolute atomic E-state index is 0.266. The molecule has 11 heteroatoms. The summed E-state index contributed by atoms with van der Waals surface area (Å²) in [6, 6.07) is -1.16. The second-order valence-corrected chi connectivity index (χ2v) is 20.4. The molecule has 1 rings (SSSR count). The average molecular weight is 944 g/mol. The Balaban J connectivity index is 2.26. The van der Waals surface area contributed by atoms with Crippen LogP contribution in [0.5, 0.6) is 0 Å². The van der Waals surface area contributed by atoms with E-state index in [1.54, 1.807) is 0 Å². The predicted molar refractivity (Wildman–Crippen MR) is 270 cm³/mol. The Morgan fingerprint density at radius 1 is 0.470 bits per heavy atom. The normalized spacial score (nSPS) is 20.7. The molecule has 1 aliphatic heterocycles. The third-order valence-electron chi connectivity index (χ3n) is 14.2. The molecular weight excluding hydrogens is 835 g/mol. The van der Waals surface area contributed by atoms with E-state index in [9.17, 15) is 40.5 Å². The van der Waals surface area contributed by atoms with Crippen molar-refractivity contribution in [3.05, 3.63) is 0 Å². The molecule has 0 saturated carbocycles. The number of rotatable bonds is 49. The minimum Gasteiger partial charge on any atom is -0.394 e. The highest BCUT2D eigenvalue weighted by molar-refractivity contribution is 5.80. The van der Waals surface area contributed by atoms with Gasteiger partial charge < -0.3 is 50.5 Å². The van der Waals surface area contributed by atoms with Crippen molar-refractivity contribution in [3.8, 4) is 0 Å². The average Bonchev–Trinajstić information content (AvgIpc) is 3.32. The summed E-state index contributed by atoms with van der Waals surface area (Å²) in [5.74, 6) is -0.692. The van der Waals surface area contributed by atoms with Crippen molar-refractivity contribution in [2.45, 2.75) is 332 Å². The van der Waals surface area contributed by atoms with Crippen LogP contribution in [0.25, 0.3) is 0 Å². The summed E-state index contributed by atoms with van der Waals surface area (Å²) in [7, 11) is 0. The smallest absolute Gasteiger partial charge is 0.249 e. The number of hydrogen-bond donors (Lipinski definition) is 8. The molecule has 0 spiro atoms. The largest absolute Gasteiger partial charge is 0.394 e. The van der Waals surface area contributed by atoms with Gasteiger partial charge in [-0.05, 0) is 12.8 Å². The van der Waals surface area contributed by atoms with E-state index in [-0.39, 0.29) is 6.42 Å². The van der Waals surface area contributed by atoms with Gasteiger partial charge in [0.05, 0.1) is 25.4 Å². The number of nitrogens with one attached hydrogen (secondary N) is 1. The van der Waals surface area contributed by atoms with E-state index in [0.29, 0.717) is 19.3 Å². The van der Waals surface area contributed by atoms with Crippen LogP contribution < -0.4 is 5.32 Å². The number of hydrogen-bond acceptors (Lipinski definition) is 10. The van der Waals surface area contributed by atoms with Crippen molar-refractivity contribution in [2.75, 3.05) is 13.2 Å². The van der Waals surface area contributed by atoms with Crippen LogP contribution in [-0.4, -0.2) is 110 Å². The third kappa shape index (κ3) is 33.6. The second-order valence-electron chi connectivity index (χ2n) is 20.4. The van der Waals surface area contributed by atoms with Crippen LogP contribution in [0.4, 0.5) is 0 Å². The molecule has 9 unspecified atom stereocenters. The topological polar surface area (TPSA) is 189 Å². The number of ether oxygens (including phenoxy) is 2. The highest BCUT2D eigenvalue weighted by Crippen LogP contribution is 2.24. The molecule has 0 aromatic carbocycles. The molecule has 8 N–H and O–H groups in total. The fourth-order valence-corrected chi connectivity index (χ4v) is 9.50. The quantitative estimate of drug-likeness (QED) is 0.0273. The summed E-state index contributed by atoms with van der Waals surface area (Å²) in [5, 5.41) is 76.0. The Morgan fingerprint density at radius 2 is 0.788 bits per heavy atom. The summed E-state index contributed by atoms with van der Waals surface area (Å²) in [6.07, 6.45) is 38.8. The lowest BCUT2D eigenvalue weighted by atomic mass is 9.98. The zero-order valence-corrected chi connectivity index (χ0v) is 43.0. The SMILES string of the molecule is CCCCCCCCCCCCCCCCCCCCCCCCCCCCC(O)C(O)C(COC1OC(CO)C(O)C(O)C1O)NC(=O)C(O)CCCCCCCCCCCCCCC. The van der Waals surface area contributed by atoms with Crippen molar-refractivity contribution >= 4 is 5.91 Å². The number of aliphatic hydroxyl groups excluding tert-OH is 7. The van der Waals surface area contributed by atoms with Crippen molar-refractivity contribution in [2.24, 2.45) is 0 Å². The lowest BCUT2D eigenvalue weighted by Gasteiger charge is -2.40. The van der Waals surface area contributed by atoms with E-state index in [1.807, 2.05) is 0 Å². The van der Waals surface area contributed by atoms with Gasteiger partial charge in [-0.25, -0.2) is 0 Å². The fourth-order valence-electron chi connectivity index (χ4n) is 9.50. The number of amides is 1. The Labute approximate surface area is 405 Å². The van der Waals surface area contributed by atoms with E-state index in [0.717, 1.165) is 38.5 Å². The first-order valence-corrected chi connectivity index (χ1v) is 28.4. The van der Waals surface area contributed by atoms with Crippen LogP contribution in [0.3, 0.4) is 0 Å². The first-order valence-electron chi connectivity index (χ1n) is 28.4. The maximum absolute atomic E-state index is 13.1. The van der Waals surface area contributed by atoms with Crippen LogP contribution in [0.1, 0.15) is 277 Å². The summed E-state index contributed by atoms with van der Waals surface area (Å²) < 4.78 is 11.1. The van der Waals surface area contributed by atoms with Gasteiger partial charge in [0, 0.05) is 0 Å². The van der Waals surface area contributed by atoms with Gasteiger partial charge in [0.25, 0.3) is 0 Å². The lowest BCUT2D eigenvalue weighted by molar-refractivity contribution is -0.303. The Kier molecular flexibility index (Phi) is 43.3. The Bertz CT molecular complexity index is 1040. The molecule has 0 bridgehead atoms. The summed E-state index contributed by atoms with van der Waals surface area (Å²) in [4.78, 5) is 13.1. The van der Waals surface area contributed by atoms with Gasteiger partial charge in [-0.3, -0.25) is 4.79 Å². The number of unbranched alkanes of at least 4 members (excludes halogenated alkanes) is 37. The first-order chi connectivity index (χ1) is 32.2. The molecule has 1 aliphatic rings. The number of carbonyl (C=O) groups excluding carboxylic acids is 1. The van der Waals surface area contributed by atoms with Crippen LogP contribution in [-0.2, 0) is 14.3 Å². The fraction of sp³-hybridized carbons (Fsp3) is 0.982. The van der Waals surface area contributed by atoms with Gasteiger partial charge in [-0.15, -0.1) is 0 Å². The van der Waals surface area contributed by atoms with E-state index in [2.05, 4.69) is 19.2 Å². The molecule has 394 valence electrons. The van der Waals surface area contributed by atoms with Gasteiger partial charge in [0.15, 0.2) is 6.29 Å². The van der Waals surface area contributed by atoms with Crippen molar-refractivity contribution in [1.29, 1.82) is 0 Å². The van der Waals surface area contributed by atoms with Gasteiger partial charge in [0.1, 0.15) is 36.6 Å². The number of carbonyl (C=O) groups is 1. The third-order valence-corrected chi connectivity index (χ3v) is 14.2. The van der Waals surface area contributed by atoms with E-state index < -0.39 is 74.2 Å². The van der Waals surface area contributed by atoms with Crippen LogP contribution in [0.2, 0.25) is 0 Å². The molecule has 66 heavy (non-hydrogen) atoms. The molecule has 1 heterocycles. The molecule has 0 radical (unpaired) electrons. The zero-order valence-electron chi connectivity index (χ0n) is 43.0. The molecule has 9 atom stereocenters. The van der Waals surface area contributed by atoms with E-state index in [1.165, 1.54) is 199 Å². The van der Waals surface area contributed by atoms with Gasteiger partial charge in [-0.2, -0.15) is 0 Å². The van der Waals surface area contributed by atoms with E-state index >= 15 is 0 Å². The monoisotopic (exact) mass is 944 g/mol. The first kappa shape index (κ1) is 63.1. The van der Waals surface area contributed by atoms with Crippen molar-refractivity contribution in [3.63, 3.8) is 0 Å². The maximum atomic E-state index is 13.1.